The lowest BCUT2D eigenvalue weighted by Gasteiger charge is -2.08. The van der Waals surface area contributed by atoms with E-state index in [1.807, 2.05) is 17.9 Å². The summed E-state index contributed by atoms with van der Waals surface area (Å²) in [7, 11) is 3.38. The molecule has 0 aliphatic rings. The summed E-state index contributed by atoms with van der Waals surface area (Å²) in [5.74, 6) is -0.0238. The van der Waals surface area contributed by atoms with E-state index in [0.29, 0.717) is 18.7 Å². The second-order valence-electron chi connectivity index (χ2n) is 4.67. The molecule has 2 aromatic rings. The number of hydrogen-bond donors (Lipinski definition) is 1. The Morgan fingerprint density at radius 2 is 2.05 bits per heavy atom. The molecule has 0 saturated heterocycles. The van der Waals surface area contributed by atoms with Gasteiger partial charge in [-0.05, 0) is 12.5 Å². The van der Waals surface area contributed by atoms with Crippen LogP contribution in [-0.4, -0.2) is 16.9 Å². The van der Waals surface area contributed by atoms with Crippen LogP contribution < -0.4 is 10.1 Å². The Hall–Kier alpha value is -1.88. The maximum Gasteiger partial charge on any atom is 0.169 e. The Labute approximate surface area is 118 Å². The van der Waals surface area contributed by atoms with Crippen LogP contribution in [0.4, 0.5) is 4.39 Å². The number of nitrogens with zero attached hydrogens (tertiary/aromatic N) is 2. The summed E-state index contributed by atoms with van der Waals surface area (Å²) in [6.45, 7) is 3.21. The summed E-state index contributed by atoms with van der Waals surface area (Å²) < 4.78 is 20.7. The van der Waals surface area contributed by atoms with E-state index < -0.39 is 0 Å². The molecule has 1 aromatic heterocycles. The number of methoxy groups -OCH3 is 1. The molecule has 4 nitrogen and oxygen atoms in total. The topological polar surface area (TPSA) is 39.1 Å². The van der Waals surface area contributed by atoms with Gasteiger partial charge >= 0.3 is 0 Å². The molecule has 0 amide bonds. The van der Waals surface area contributed by atoms with E-state index in [0.717, 1.165) is 17.7 Å². The van der Waals surface area contributed by atoms with Gasteiger partial charge in [-0.15, -0.1) is 0 Å². The molecule has 0 bridgehead atoms. The largest absolute Gasteiger partial charge is 0.494 e. The molecule has 0 radical (unpaired) electrons. The first-order chi connectivity index (χ1) is 9.65. The Balaban J connectivity index is 1.99. The number of aryl methyl sites for hydroxylation is 2. The Bertz CT molecular complexity index is 580. The zero-order chi connectivity index (χ0) is 14.5. The third-order valence-corrected chi connectivity index (χ3v) is 3.22. The van der Waals surface area contributed by atoms with Gasteiger partial charge in [-0.3, -0.25) is 4.68 Å². The van der Waals surface area contributed by atoms with Crippen LogP contribution in [-0.2, 0) is 26.6 Å². The minimum Gasteiger partial charge on any atom is -0.494 e. The molecule has 0 spiro atoms. The summed E-state index contributed by atoms with van der Waals surface area (Å²) in [6, 6.07) is 5.17. The first-order valence-corrected chi connectivity index (χ1v) is 6.69. The van der Waals surface area contributed by atoms with E-state index >= 15 is 0 Å². The number of aromatic nitrogens is 2. The molecule has 0 aliphatic carbocycles. The predicted octanol–water partition coefficient (Wildman–Crippen LogP) is 2.42. The lowest BCUT2D eigenvalue weighted by atomic mass is 10.1. The van der Waals surface area contributed by atoms with Gasteiger partial charge in [-0.2, -0.15) is 5.10 Å². The molecule has 1 N–H and O–H groups in total. The van der Waals surface area contributed by atoms with Gasteiger partial charge in [-0.1, -0.05) is 19.1 Å². The SMILES string of the molecule is CCc1nn(C)cc1CNCc1cccc(OC)c1F. The number of ether oxygens (including phenoxy) is 1. The van der Waals surface area contributed by atoms with E-state index in [-0.39, 0.29) is 11.6 Å². The minimum absolute atomic E-state index is 0.278. The van der Waals surface area contributed by atoms with Crippen molar-refractivity contribution >= 4 is 0 Å². The third-order valence-electron chi connectivity index (χ3n) is 3.22. The second-order valence-corrected chi connectivity index (χ2v) is 4.67. The van der Waals surface area contributed by atoms with Gasteiger partial charge in [0.25, 0.3) is 0 Å². The Kier molecular flexibility index (Phi) is 4.74. The number of hydrogen-bond acceptors (Lipinski definition) is 3. The number of nitrogens with one attached hydrogen (secondary N) is 1. The molecule has 0 unspecified atom stereocenters. The van der Waals surface area contributed by atoms with Crippen LogP contribution in [0, 0.1) is 5.82 Å². The van der Waals surface area contributed by atoms with Crippen molar-refractivity contribution in [3.05, 3.63) is 47.0 Å². The van der Waals surface area contributed by atoms with Crippen molar-refractivity contribution in [3.8, 4) is 5.75 Å². The van der Waals surface area contributed by atoms with Gasteiger partial charge in [0.2, 0.25) is 0 Å². The monoisotopic (exact) mass is 277 g/mol. The highest BCUT2D eigenvalue weighted by atomic mass is 19.1. The fraction of sp³-hybridized carbons (Fsp3) is 0.400. The van der Waals surface area contributed by atoms with Gasteiger partial charge in [0.1, 0.15) is 0 Å². The molecule has 0 aliphatic heterocycles. The van der Waals surface area contributed by atoms with E-state index in [4.69, 9.17) is 4.74 Å². The van der Waals surface area contributed by atoms with Crippen molar-refractivity contribution in [1.82, 2.24) is 15.1 Å². The molecule has 0 fully saturated rings. The van der Waals surface area contributed by atoms with Crippen LogP contribution in [0.2, 0.25) is 0 Å². The predicted molar refractivity (Wildman–Crippen MR) is 76.1 cm³/mol. The highest BCUT2D eigenvalue weighted by Gasteiger charge is 2.09. The molecule has 0 atom stereocenters. The van der Waals surface area contributed by atoms with Crippen LogP contribution in [0.3, 0.4) is 0 Å². The maximum atomic E-state index is 14.0. The Morgan fingerprint density at radius 1 is 1.30 bits per heavy atom. The van der Waals surface area contributed by atoms with Crippen molar-refractivity contribution in [1.29, 1.82) is 0 Å². The summed E-state index contributed by atoms with van der Waals surface area (Å²) >= 11 is 0. The van der Waals surface area contributed by atoms with E-state index in [9.17, 15) is 4.39 Å². The normalized spacial score (nSPS) is 10.8. The lowest BCUT2D eigenvalue weighted by molar-refractivity contribution is 0.383. The fourth-order valence-corrected chi connectivity index (χ4v) is 2.21. The van der Waals surface area contributed by atoms with Crippen molar-refractivity contribution in [2.24, 2.45) is 7.05 Å². The maximum absolute atomic E-state index is 14.0. The van der Waals surface area contributed by atoms with Crippen LogP contribution in [0.25, 0.3) is 0 Å². The summed E-state index contributed by atoms with van der Waals surface area (Å²) in [4.78, 5) is 0. The van der Waals surface area contributed by atoms with Gasteiger partial charge < -0.3 is 10.1 Å². The van der Waals surface area contributed by atoms with E-state index in [1.165, 1.54) is 7.11 Å². The molecule has 5 heteroatoms. The molecule has 1 heterocycles. The van der Waals surface area contributed by atoms with Crippen LogP contribution in [0.5, 0.6) is 5.75 Å². The molecule has 1 aromatic carbocycles. The number of rotatable bonds is 6. The zero-order valence-corrected chi connectivity index (χ0v) is 12.1. The number of benzene rings is 1. The molecule has 108 valence electrons. The molecule has 2 rings (SSSR count). The summed E-state index contributed by atoms with van der Waals surface area (Å²) in [5.41, 5.74) is 2.83. The van der Waals surface area contributed by atoms with E-state index in [2.05, 4.69) is 17.3 Å². The molecular weight excluding hydrogens is 257 g/mol. The highest BCUT2D eigenvalue weighted by molar-refractivity contribution is 5.31. The van der Waals surface area contributed by atoms with Gasteiger partial charge in [-0.25, -0.2) is 4.39 Å². The number of halogens is 1. The standard InChI is InChI=1S/C15H20FN3O/c1-4-13-12(10-19(2)18-13)9-17-8-11-6-5-7-14(20-3)15(11)16/h5-7,10,17H,4,8-9H2,1-3H3. The second kappa shape index (κ2) is 6.52. The fourth-order valence-electron chi connectivity index (χ4n) is 2.21. The molecular formula is C15H20FN3O. The van der Waals surface area contributed by atoms with Gasteiger partial charge in [0, 0.05) is 37.5 Å². The van der Waals surface area contributed by atoms with Crippen molar-refractivity contribution in [2.45, 2.75) is 26.4 Å². The smallest absolute Gasteiger partial charge is 0.169 e. The van der Waals surface area contributed by atoms with Crippen molar-refractivity contribution < 1.29 is 9.13 Å². The molecule has 20 heavy (non-hydrogen) atoms. The minimum atomic E-state index is -0.301. The van der Waals surface area contributed by atoms with Crippen LogP contribution in [0.1, 0.15) is 23.7 Å². The van der Waals surface area contributed by atoms with Gasteiger partial charge in [0.15, 0.2) is 11.6 Å². The summed E-state index contributed by atoms with van der Waals surface area (Å²) in [6.07, 6.45) is 2.89. The first kappa shape index (κ1) is 14.5. The van der Waals surface area contributed by atoms with E-state index in [1.54, 1.807) is 18.2 Å². The Morgan fingerprint density at radius 3 is 2.75 bits per heavy atom. The van der Waals surface area contributed by atoms with Gasteiger partial charge in [0.05, 0.1) is 12.8 Å². The van der Waals surface area contributed by atoms with Crippen molar-refractivity contribution in [2.75, 3.05) is 7.11 Å². The molecule has 0 saturated carbocycles. The first-order valence-electron chi connectivity index (χ1n) is 6.69. The average Bonchev–Trinajstić information content (AvgIpc) is 2.81. The average molecular weight is 277 g/mol. The van der Waals surface area contributed by atoms with Crippen LogP contribution >= 0.6 is 0 Å². The third kappa shape index (κ3) is 3.17. The van der Waals surface area contributed by atoms with Crippen LogP contribution in [0.15, 0.2) is 24.4 Å². The quantitative estimate of drug-likeness (QED) is 0.881. The van der Waals surface area contributed by atoms with Crippen molar-refractivity contribution in [3.63, 3.8) is 0 Å². The highest BCUT2D eigenvalue weighted by Crippen LogP contribution is 2.19. The lowest BCUT2D eigenvalue weighted by Crippen LogP contribution is -2.14. The zero-order valence-electron chi connectivity index (χ0n) is 12.1. The summed E-state index contributed by atoms with van der Waals surface area (Å²) in [5, 5.41) is 7.63.